The minimum Gasteiger partial charge on any atom is -0.465 e. The number of rotatable bonds is 5. The molecule has 1 unspecified atom stereocenters. The maximum atomic E-state index is 11.3. The van der Waals surface area contributed by atoms with Crippen molar-refractivity contribution in [2.24, 2.45) is 5.92 Å². The van der Waals surface area contributed by atoms with Crippen molar-refractivity contribution in [2.45, 2.75) is 26.2 Å². The summed E-state index contributed by atoms with van der Waals surface area (Å²) in [5.74, 6) is 0.0941. The molecule has 0 spiro atoms. The number of ether oxygens (including phenoxy) is 1. The van der Waals surface area contributed by atoms with E-state index in [0.717, 1.165) is 19.3 Å². The molecule has 0 aromatic rings. The molecule has 0 aromatic carbocycles. The van der Waals surface area contributed by atoms with E-state index in [2.05, 4.69) is 22.8 Å². The fourth-order valence-corrected chi connectivity index (χ4v) is 1.71. The van der Waals surface area contributed by atoms with E-state index in [1.165, 1.54) is 0 Å². The van der Waals surface area contributed by atoms with Crippen LogP contribution < -0.4 is 10.6 Å². The number of allylic oxidation sites excluding steroid dienone is 2. The summed E-state index contributed by atoms with van der Waals surface area (Å²) in [6, 6.07) is -0.312. The molecule has 0 bridgehead atoms. The lowest BCUT2D eigenvalue weighted by Gasteiger charge is -2.18. The highest BCUT2D eigenvalue weighted by atomic mass is 16.5. The van der Waals surface area contributed by atoms with Crippen LogP contribution in [0.4, 0.5) is 4.79 Å². The molecule has 96 valence electrons. The van der Waals surface area contributed by atoms with Gasteiger partial charge in [-0.3, -0.25) is 4.79 Å². The number of hydrogen-bond acceptors (Lipinski definition) is 3. The van der Waals surface area contributed by atoms with E-state index in [-0.39, 0.29) is 12.6 Å². The number of esters is 1. The van der Waals surface area contributed by atoms with E-state index in [4.69, 9.17) is 4.74 Å². The van der Waals surface area contributed by atoms with Gasteiger partial charge in [-0.1, -0.05) is 12.2 Å². The van der Waals surface area contributed by atoms with Crippen LogP contribution in [-0.2, 0) is 9.53 Å². The Kier molecular flexibility index (Phi) is 6.14. The summed E-state index contributed by atoms with van der Waals surface area (Å²) in [5.41, 5.74) is 0. The summed E-state index contributed by atoms with van der Waals surface area (Å²) in [4.78, 5) is 22.3. The zero-order valence-corrected chi connectivity index (χ0v) is 10.2. The second-order valence-corrected chi connectivity index (χ2v) is 4.02. The molecule has 17 heavy (non-hydrogen) atoms. The number of amides is 2. The molecule has 1 rings (SSSR count). The predicted octanol–water partition coefficient (Wildman–Crippen LogP) is 1.20. The fourth-order valence-electron chi connectivity index (χ4n) is 1.71. The molecular formula is C12H20N2O3. The van der Waals surface area contributed by atoms with Crippen molar-refractivity contribution in [1.82, 2.24) is 10.6 Å². The van der Waals surface area contributed by atoms with Crippen LogP contribution in [0.2, 0.25) is 0 Å². The molecule has 1 aliphatic rings. The third-order valence-electron chi connectivity index (χ3n) is 2.63. The molecule has 0 heterocycles. The number of carbonyl (C=O) groups excluding carboxylic acids is 2. The lowest BCUT2D eigenvalue weighted by Crippen LogP contribution is -2.41. The van der Waals surface area contributed by atoms with Gasteiger partial charge in [-0.15, -0.1) is 0 Å². The Labute approximate surface area is 102 Å². The first kappa shape index (κ1) is 13.5. The molecule has 0 saturated heterocycles. The van der Waals surface area contributed by atoms with Gasteiger partial charge in [-0.25, -0.2) is 4.79 Å². The van der Waals surface area contributed by atoms with Gasteiger partial charge in [-0.2, -0.15) is 0 Å². The summed E-state index contributed by atoms with van der Waals surface area (Å²) in [5, 5.41) is 5.22. The van der Waals surface area contributed by atoms with E-state index in [1.54, 1.807) is 6.92 Å². The average Bonchev–Trinajstić information content (AvgIpc) is 2.35. The Hall–Kier alpha value is -1.52. The molecule has 5 heteroatoms. The molecule has 0 aromatic heterocycles. The first-order chi connectivity index (χ1) is 8.22. The van der Waals surface area contributed by atoms with Crippen molar-refractivity contribution in [2.75, 3.05) is 19.7 Å². The second kappa shape index (κ2) is 7.70. The van der Waals surface area contributed by atoms with Gasteiger partial charge in [0.25, 0.3) is 0 Å². The quantitative estimate of drug-likeness (QED) is 0.560. The molecule has 0 aliphatic heterocycles. The molecule has 0 fully saturated rings. The third-order valence-corrected chi connectivity index (χ3v) is 2.63. The van der Waals surface area contributed by atoms with Crippen LogP contribution in [0.25, 0.3) is 0 Å². The van der Waals surface area contributed by atoms with Crippen LogP contribution in [0.5, 0.6) is 0 Å². The lowest BCUT2D eigenvalue weighted by molar-refractivity contribution is -0.141. The fraction of sp³-hybridized carbons (Fsp3) is 0.667. The minimum absolute atomic E-state index is 0.0791. The van der Waals surface area contributed by atoms with Gasteiger partial charge < -0.3 is 15.4 Å². The summed E-state index contributed by atoms with van der Waals surface area (Å²) >= 11 is 0. The highest BCUT2D eigenvalue weighted by Crippen LogP contribution is 2.16. The monoisotopic (exact) mass is 240 g/mol. The molecule has 0 radical (unpaired) electrons. The minimum atomic E-state index is -0.414. The van der Waals surface area contributed by atoms with Crippen LogP contribution in [0.1, 0.15) is 26.2 Å². The van der Waals surface area contributed by atoms with E-state index >= 15 is 0 Å². The van der Waals surface area contributed by atoms with Gasteiger partial charge in [-0.05, 0) is 32.1 Å². The maximum absolute atomic E-state index is 11.3. The topological polar surface area (TPSA) is 67.4 Å². The molecule has 1 atom stereocenters. The number of nitrogens with one attached hydrogen (secondary N) is 2. The van der Waals surface area contributed by atoms with Crippen LogP contribution in [0.15, 0.2) is 12.2 Å². The zero-order valence-electron chi connectivity index (χ0n) is 10.2. The Bertz CT molecular complexity index is 289. The number of hydrogen-bond donors (Lipinski definition) is 2. The van der Waals surface area contributed by atoms with E-state index < -0.39 is 5.97 Å². The van der Waals surface area contributed by atoms with Crippen molar-refractivity contribution in [3.8, 4) is 0 Å². The highest BCUT2D eigenvalue weighted by Gasteiger charge is 2.11. The Morgan fingerprint density at radius 1 is 1.35 bits per heavy atom. The summed E-state index contributed by atoms with van der Waals surface area (Å²) in [6.07, 6.45) is 7.51. The van der Waals surface area contributed by atoms with E-state index in [0.29, 0.717) is 19.1 Å². The largest absolute Gasteiger partial charge is 0.465 e. The lowest BCUT2D eigenvalue weighted by atomic mass is 9.94. The zero-order chi connectivity index (χ0) is 12.5. The predicted molar refractivity (Wildman–Crippen MR) is 64.5 cm³/mol. The summed E-state index contributed by atoms with van der Waals surface area (Å²) in [6.45, 7) is 2.63. The van der Waals surface area contributed by atoms with E-state index in [1.807, 2.05) is 0 Å². The normalized spacial score (nSPS) is 18.5. The smallest absolute Gasteiger partial charge is 0.325 e. The Balaban J connectivity index is 2.08. The van der Waals surface area contributed by atoms with Gasteiger partial charge in [0.15, 0.2) is 0 Å². The first-order valence-electron chi connectivity index (χ1n) is 6.04. The Morgan fingerprint density at radius 2 is 2.18 bits per heavy atom. The SMILES string of the molecule is CCOC(=O)CNC(=O)NCC1CC=CCC1. The van der Waals surface area contributed by atoms with Crippen molar-refractivity contribution < 1.29 is 14.3 Å². The van der Waals surface area contributed by atoms with Gasteiger partial charge in [0, 0.05) is 6.54 Å². The third kappa shape index (κ3) is 5.94. The number of urea groups is 1. The first-order valence-corrected chi connectivity index (χ1v) is 6.04. The van der Waals surface area contributed by atoms with Crippen LogP contribution in [0, 0.1) is 5.92 Å². The molecule has 2 amide bonds. The van der Waals surface area contributed by atoms with Crippen molar-refractivity contribution >= 4 is 12.0 Å². The second-order valence-electron chi connectivity index (χ2n) is 4.02. The molecule has 0 saturated carbocycles. The van der Waals surface area contributed by atoms with Crippen LogP contribution >= 0.6 is 0 Å². The molecular weight excluding hydrogens is 220 g/mol. The molecule has 5 nitrogen and oxygen atoms in total. The van der Waals surface area contributed by atoms with Crippen molar-refractivity contribution in [1.29, 1.82) is 0 Å². The van der Waals surface area contributed by atoms with Crippen molar-refractivity contribution in [3.63, 3.8) is 0 Å². The Morgan fingerprint density at radius 3 is 2.82 bits per heavy atom. The summed E-state index contributed by atoms with van der Waals surface area (Å²) < 4.78 is 4.70. The average molecular weight is 240 g/mol. The van der Waals surface area contributed by atoms with Gasteiger partial charge in [0.2, 0.25) is 0 Å². The highest BCUT2D eigenvalue weighted by molar-refractivity contribution is 5.80. The van der Waals surface area contributed by atoms with Gasteiger partial charge in [0.05, 0.1) is 6.61 Å². The standard InChI is InChI=1S/C12H20N2O3/c1-2-17-11(15)9-14-12(16)13-8-10-6-4-3-5-7-10/h3-4,10H,2,5-9H2,1H3,(H2,13,14,16). The van der Waals surface area contributed by atoms with Crippen LogP contribution in [-0.4, -0.2) is 31.7 Å². The van der Waals surface area contributed by atoms with Gasteiger partial charge in [0.1, 0.15) is 6.54 Å². The molecule has 1 aliphatic carbocycles. The maximum Gasteiger partial charge on any atom is 0.325 e. The van der Waals surface area contributed by atoms with Gasteiger partial charge >= 0.3 is 12.0 Å². The number of carbonyl (C=O) groups is 2. The molecule has 2 N–H and O–H groups in total. The van der Waals surface area contributed by atoms with Crippen molar-refractivity contribution in [3.05, 3.63) is 12.2 Å². The van der Waals surface area contributed by atoms with E-state index in [9.17, 15) is 9.59 Å². The summed E-state index contributed by atoms with van der Waals surface area (Å²) in [7, 11) is 0. The van der Waals surface area contributed by atoms with Crippen LogP contribution in [0.3, 0.4) is 0 Å².